The number of halogens is 1. The smallest absolute Gasteiger partial charge is 0.255 e. The van der Waals surface area contributed by atoms with Gasteiger partial charge in [0.1, 0.15) is 5.75 Å². The second kappa shape index (κ2) is 13.1. The molecule has 0 bridgehead atoms. The van der Waals surface area contributed by atoms with Gasteiger partial charge < -0.3 is 9.64 Å². The number of carbonyl (C=O) groups excluding carboxylic acids is 1. The molecule has 0 aliphatic rings. The summed E-state index contributed by atoms with van der Waals surface area (Å²) in [5, 5.41) is 3.38. The first kappa shape index (κ1) is 28.7. The summed E-state index contributed by atoms with van der Waals surface area (Å²) in [5.74, 6) is 2.87. The van der Waals surface area contributed by atoms with Gasteiger partial charge in [-0.25, -0.2) is 8.42 Å². The number of thiophene rings is 1. The van der Waals surface area contributed by atoms with Crippen molar-refractivity contribution in [2.45, 2.75) is 31.2 Å². The number of ether oxygens (including phenoxy) is 1. The van der Waals surface area contributed by atoms with Gasteiger partial charge in [0.05, 0.1) is 23.6 Å². The van der Waals surface area contributed by atoms with Gasteiger partial charge in [0, 0.05) is 39.1 Å². The van der Waals surface area contributed by atoms with Crippen LogP contribution in [0.3, 0.4) is 0 Å². The molecule has 4 rings (SSSR count). The van der Waals surface area contributed by atoms with E-state index in [1.165, 1.54) is 11.3 Å². The highest BCUT2D eigenvalue weighted by Gasteiger charge is 2.22. The van der Waals surface area contributed by atoms with Crippen molar-refractivity contribution in [2.24, 2.45) is 0 Å². The zero-order valence-electron chi connectivity index (χ0n) is 21.5. The Kier molecular flexibility index (Phi) is 9.65. The predicted octanol–water partition coefficient (Wildman–Crippen LogP) is 6.14. The summed E-state index contributed by atoms with van der Waals surface area (Å²) in [6.45, 7) is 3.24. The zero-order valence-corrected chi connectivity index (χ0v) is 23.9. The highest BCUT2D eigenvalue weighted by atomic mass is 35.5. The van der Waals surface area contributed by atoms with E-state index in [-0.39, 0.29) is 17.3 Å². The predicted molar refractivity (Wildman–Crippen MR) is 158 cm³/mol. The van der Waals surface area contributed by atoms with Gasteiger partial charge in [0.2, 0.25) is 10.0 Å². The van der Waals surface area contributed by atoms with Crippen molar-refractivity contribution in [1.82, 2.24) is 9.62 Å². The molecule has 0 aliphatic carbocycles. The number of hydrogen-bond acceptors (Lipinski definition) is 5. The van der Waals surface area contributed by atoms with Crippen LogP contribution in [0.15, 0.2) is 77.0 Å². The van der Waals surface area contributed by atoms with Gasteiger partial charge in [-0.05, 0) is 54.8 Å². The summed E-state index contributed by atoms with van der Waals surface area (Å²) in [7, 11) is -3.67. The van der Waals surface area contributed by atoms with Crippen LogP contribution in [0.1, 0.15) is 34.8 Å². The Labute approximate surface area is 238 Å². The van der Waals surface area contributed by atoms with Crippen molar-refractivity contribution in [2.75, 3.05) is 19.7 Å². The molecule has 0 unspecified atom stereocenters. The number of sulfonamides is 1. The van der Waals surface area contributed by atoms with Crippen LogP contribution in [0.4, 0.5) is 0 Å². The molecule has 1 heterocycles. The minimum Gasteiger partial charge on any atom is -0.493 e. The van der Waals surface area contributed by atoms with Crippen LogP contribution in [0.2, 0.25) is 5.02 Å². The van der Waals surface area contributed by atoms with Gasteiger partial charge in [0.15, 0.2) is 0 Å². The molecule has 0 saturated heterocycles. The molecule has 39 heavy (non-hydrogen) atoms. The minimum atomic E-state index is -3.67. The van der Waals surface area contributed by atoms with Crippen molar-refractivity contribution in [1.29, 1.82) is 0 Å². The highest BCUT2D eigenvalue weighted by Crippen LogP contribution is 2.29. The molecule has 1 N–H and O–H groups in total. The molecular formula is C30H29ClN2O4S2. The second-order valence-electron chi connectivity index (χ2n) is 8.90. The number of nitrogens with zero attached hydrogens (tertiary/aromatic N) is 1. The van der Waals surface area contributed by atoms with Gasteiger partial charge in [-0.3, -0.25) is 4.79 Å². The summed E-state index contributed by atoms with van der Waals surface area (Å²) < 4.78 is 34.1. The lowest BCUT2D eigenvalue weighted by Crippen LogP contribution is -2.32. The number of hydrogen-bond donors (Lipinski definition) is 1. The number of fused-ring (bicyclic) bond motifs is 1. The molecule has 6 nitrogen and oxygen atoms in total. The summed E-state index contributed by atoms with van der Waals surface area (Å²) in [4.78, 5) is 15.8. The van der Waals surface area contributed by atoms with E-state index in [1.54, 1.807) is 35.2 Å². The Morgan fingerprint density at radius 2 is 1.90 bits per heavy atom. The van der Waals surface area contributed by atoms with E-state index < -0.39 is 10.0 Å². The van der Waals surface area contributed by atoms with Crippen molar-refractivity contribution in [3.05, 3.63) is 93.8 Å². The van der Waals surface area contributed by atoms with Crippen molar-refractivity contribution in [3.63, 3.8) is 0 Å². The Balaban J connectivity index is 1.60. The fraction of sp³-hybridized carbons (Fsp3) is 0.233. The fourth-order valence-electron chi connectivity index (χ4n) is 4.12. The maximum absolute atomic E-state index is 13.9. The van der Waals surface area contributed by atoms with E-state index in [0.29, 0.717) is 42.5 Å². The third-order valence-electron chi connectivity index (χ3n) is 6.11. The molecule has 1 amide bonds. The Hall–Kier alpha value is -3.35. The fourth-order valence-corrected chi connectivity index (χ4v) is 6.18. The zero-order chi connectivity index (χ0) is 27.8. The van der Waals surface area contributed by atoms with Gasteiger partial charge >= 0.3 is 0 Å². The average molecular weight is 581 g/mol. The van der Waals surface area contributed by atoms with Crippen LogP contribution in [-0.2, 0) is 23.0 Å². The second-order valence-corrected chi connectivity index (χ2v) is 12.0. The molecule has 0 atom stereocenters. The highest BCUT2D eigenvalue weighted by molar-refractivity contribution is 7.89. The third-order valence-corrected chi connectivity index (χ3v) is 8.73. The van der Waals surface area contributed by atoms with E-state index in [2.05, 4.69) is 10.6 Å². The standard InChI is InChI=1S/C30H29ClN2O4S2/c1-3-16-32-39(35,36)25-12-9-22(10-13-25)15-17-33(20-23-19-24(31)11-14-28(23)37-18-4-2)30(34)27-21-38-29-8-6-5-7-26(27)29/h1,5-14,19,21,32H,4,15-18,20H2,2H3. The van der Waals surface area contributed by atoms with Crippen LogP contribution < -0.4 is 9.46 Å². The van der Waals surface area contributed by atoms with E-state index in [9.17, 15) is 13.2 Å². The number of carbonyl (C=O) groups is 1. The molecule has 0 fully saturated rings. The molecule has 1 aromatic heterocycles. The van der Waals surface area contributed by atoms with E-state index in [0.717, 1.165) is 27.6 Å². The van der Waals surface area contributed by atoms with Gasteiger partial charge in [0.25, 0.3) is 5.91 Å². The van der Waals surface area contributed by atoms with E-state index in [1.807, 2.05) is 48.7 Å². The lowest BCUT2D eigenvalue weighted by molar-refractivity contribution is 0.0746. The van der Waals surface area contributed by atoms with E-state index in [4.69, 9.17) is 22.8 Å². The summed E-state index contributed by atoms with van der Waals surface area (Å²) in [6, 6.07) is 19.9. The number of terminal acetylenes is 1. The number of amides is 1. The first-order valence-electron chi connectivity index (χ1n) is 12.5. The maximum atomic E-state index is 13.9. The Morgan fingerprint density at radius 1 is 1.13 bits per heavy atom. The third kappa shape index (κ3) is 7.20. The van der Waals surface area contributed by atoms with Crippen LogP contribution in [0.5, 0.6) is 5.75 Å². The SMILES string of the molecule is C#CCNS(=O)(=O)c1ccc(CCN(Cc2cc(Cl)ccc2OCCC)C(=O)c2csc3ccccc23)cc1. The number of rotatable bonds is 12. The monoisotopic (exact) mass is 580 g/mol. The molecule has 0 radical (unpaired) electrons. The molecule has 0 spiro atoms. The number of benzene rings is 3. The lowest BCUT2D eigenvalue weighted by Gasteiger charge is -2.24. The van der Waals surface area contributed by atoms with Crippen LogP contribution in [0.25, 0.3) is 10.1 Å². The maximum Gasteiger partial charge on any atom is 0.255 e. The quantitative estimate of drug-likeness (QED) is 0.204. The van der Waals surface area contributed by atoms with Crippen LogP contribution >= 0.6 is 22.9 Å². The molecule has 9 heteroatoms. The minimum absolute atomic E-state index is 0.0775. The summed E-state index contributed by atoms with van der Waals surface area (Å²) in [6.07, 6.45) is 6.55. The molecule has 4 aromatic rings. The summed E-state index contributed by atoms with van der Waals surface area (Å²) >= 11 is 7.86. The topological polar surface area (TPSA) is 75.7 Å². The molecule has 0 saturated carbocycles. The molecule has 202 valence electrons. The lowest BCUT2D eigenvalue weighted by atomic mass is 10.1. The first-order chi connectivity index (χ1) is 18.8. The normalized spacial score (nSPS) is 11.3. The molecule has 3 aromatic carbocycles. The Bertz CT molecular complexity index is 1590. The van der Waals surface area contributed by atoms with Crippen molar-refractivity contribution in [3.8, 4) is 18.1 Å². The average Bonchev–Trinajstić information content (AvgIpc) is 3.38. The van der Waals surface area contributed by atoms with Gasteiger partial charge in [-0.2, -0.15) is 4.72 Å². The summed E-state index contributed by atoms with van der Waals surface area (Å²) in [5.41, 5.74) is 2.37. The van der Waals surface area contributed by atoms with Crippen LogP contribution in [0, 0.1) is 12.3 Å². The first-order valence-corrected chi connectivity index (χ1v) is 15.2. The van der Waals surface area contributed by atoms with Gasteiger partial charge in [-0.1, -0.05) is 54.8 Å². The molecular weight excluding hydrogens is 552 g/mol. The van der Waals surface area contributed by atoms with Gasteiger partial charge in [-0.15, -0.1) is 17.8 Å². The Morgan fingerprint density at radius 3 is 2.64 bits per heavy atom. The van der Waals surface area contributed by atoms with E-state index >= 15 is 0 Å². The van der Waals surface area contributed by atoms with Crippen LogP contribution in [-0.4, -0.2) is 38.9 Å². The largest absolute Gasteiger partial charge is 0.493 e. The number of nitrogens with one attached hydrogen (secondary N) is 1. The van der Waals surface area contributed by atoms with Crippen molar-refractivity contribution >= 4 is 49.0 Å². The van der Waals surface area contributed by atoms with Crippen molar-refractivity contribution < 1.29 is 17.9 Å². The molecule has 0 aliphatic heterocycles.